The van der Waals surface area contributed by atoms with Gasteiger partial charge in [0, 0.05) is 45.7 Å². The van der Waals surface area contributed by atoms with Gasteiger partial charge in [-0.3, -0.25) is 14.5 Å². The molecule has 1 aliphatic carbocycles. The summed E-state index contributed by atoms with van der Waals surface area (Å²) in [5.41, 5.74) is 0. The van der Waals surface area contributed by atoms with Crippen molar-refractivity contribution in [1.29, 1.82) is 0 Å². The van der Waals surface area contributed by atoms with E-state index in [-0.39, 0.29) is 5.91 Å². The average Bonchev–Trinajstić information content (AvgIpc) is 3.18. The van der Waals surface area contributed by atoms with Gasteiger partial charge in [-0.1, -0.05) is 25.3 Å². The van der Waals surface area contributed by atoms with Crippen LogP contribution >= 0.6 is 11.3 Å². The quantitative estimate of drug-likeness (QED) is 0.845. The summed E-state index contributed by atoms with van der Waals surface area (Å²) in [4.78, 5) is 29.5. The standard InChI is InChI=1S/C19H29N3O2S/c23-18(15-16-5-2-1-3-6-16)22-12-10-21(11-13-22)9-8-20-19(24)17-7-4-14-25-17/h4,7,14,16H,1-3,5-6,8-13,15H2,(H,20,24). The van der Waals surface area contributed by atoms with Crippen molar-refractivity contribution in [2.75, 3.05) is 39.3 Å². The maximum Gasteiger partial charge on any atom is 0.261 e. The van der Waals surface area contributed by atoms with Gasteiger partial charge in [0.05, 0.1) is 4.88 Å². The van der Waals surface area contributed by atoms with Crippen molar-refractivity contribution in [3.8, 4) is 0 Å². The van der Waals surface area contributed by atoms with Crippen molar-refractivity contribution in [1.82, 2.24) is 15.1 Å². The van der Waals surface area contributed by atoms with E-state index in [2.05, 4.69) is 10.2 Å². The number of amides is 2. The van der Waals surface area contributed by atoms with Crippen molar-refractivity contribution >= 4 is 23.2 Å². The molecule has 0 aromatic carbocycles. The molecule has 1 N–H and O–H groups in total. The second kappa shape index (κ2) is 9.34. The molecule has 2 fully saturated rings. The first-order valence-corrected chi connectivity index (χ1v) is 10.4. The Kier molecular flexibility index (Phi) is 6.87. The Morgan fingerprint density at radius 2 is 1.88 bits per heavy atom. The van der Waals surface area contributed by atoms with Crippen LogP contribution in [0.2, 0.25) is 0 Å². The largest absolute Gasteiger partial charge is 0.350 e. The topological polar surface area (TPSA) is 52.7 Å². The molecule has 0 spiro atoms. The summed E-state index contributed by atoms with van der Waals surface area (Å²) in [5.74, 6) is 0.973. The second-order valence-corrected chi connectivity index (χ2v) is 8.11. The summed E-state index contributed by atoms with van der Waals surface area (Å²) in [6.45, 7) is 4.97. The van der Waals surface area contributed by atoms with E-state index in [0.717, 1.165) is 44.0 Å². The average molecular weight is 364 g/mol. The third-order valence-corrected chi connectivity index (χ3v) is 6.24. The SMILES string of the molecule is O=C(NCCN1CCN(C(=O)CC2CCCCC2)CC1)c1cccs1. The van der Waals surface area contributed by atoms with E-state index in [1.54, 1.807) is 0 Å². The Hall–Kier alpha value is -1.40. The molecule has 1 saturated carbocycles. The van der Waals surface area contributed by atoms with E-state index in [9.17, 15) is 9.59 Å². The van der Waals surface area contributed by atoms with Crippen molar-refractivity contribution < 1.29 is 9.59 Å². The molecule has 1 aromatic heterocycles. The lowest BCUT2D eigenvalue weighted by Crippen LogP contribution is -2.50. The van der Waals surface area contributed by atoms with Gasteiger partial charge in [-0.15, -0.1) is 11.3 Å². The van der Waals surface area contributed by atoms with E-state index < -0.39 is 0 Å². The van der Waals surface area contributed by atoms with Crippen LogP contribution in [-0.4, -0.2) is 60.9 Å². The molecule has 0 bridgehead atoms. The molecule has 2 heterocycles. The predicted molar refractivity (Wildman–Crippen MR) is 101 cm³/mol. The van der Waals surface area contributed by atoms with Gasteiger partial charge < -0.3 is 10.2 Å². The first-order chi connectivity index (χ1) is 12.2. The summed E-state index contributed by atoms with van der Waals surface area (Å²) < 4.78 is 0. The number of hydrogen-bond donors (Lipinski definition) is 1. The van der Waals surface area contributed by atoms with Gasteiger partial charge in [-0.05, 0) is 30.2 Å². The molecule has 0 unspecified atom stereocenters. The molecule has 1 aromatic rings. The van der Waals surface area contributed by atoms with Gasteiger partial charge in [0.25, 0.3) is 5.91 Å². The maximum atomic E-state index is 12.5. The highest BCUT2D eigenvalue weighted by molar-refractivity contribution is 7.12. The third kappa shape index (κ3) is 5.54. The van der Waals surface area contributed by atoms with E-state index in [1.807, 2.05) is 22.4 Å². The normalized spacial score (nSPS) is 19.8. The highest BCUT2D eigenvalue weighted by atomic mass is 32.1. The van der Waals surface area contributed by atoms with Crippen LogP contribution < -0.4 is 5.32 Å². The lowest BCUT2D eigenvalue weighted by Gasteiger charge is -2.35. The zero-order valence-corrected chi connectivity index (χ0v) is 15.7. The Labute approximate surface area is 154 Å². The summed E-state index contributed by atoms with van der Waals surface area (Å²) in [6, 6.07) is 3.74. The predicted octanol–water partition coefficient (Wildman–Crippen LogP) is 2.59. The number of thiophene rings is 1. The van der Waals surface area contributed by atoms with Gasteiger partial charge in [-0.2, -0.15) is 0 Å². The number of nitrogens with one attached hydrogen (secondary N) is 1. The zero-order valence-electron chi connectivity index (χ0n) is 14.9. The van der Waals surface area contributed by atoms with E-state index in [1.165, 1.54) is 43.4 Å². The monoisotopic (exact) mass is 363 g/mol. The molecule has 6 heteroatoms. The molecule has 2 aliphatic rings. The van der Waals surface area contributed by atoms with Gasteiger partial charge >= 0.3 is 0 Å². The fourth-order valence-corrected chi connectivity index (χ4v) is 4.45. The van der Waals surface area contributed by atoms with Crippen LogP contribution in [0.25, 0.3) is 0 Å². The number of hydrogen-bond acceptors (Lipinski definition) is 4. The Balaban J connectivity index is 1.31. The number of rotatable bonds is 6. The van der Waals surface area contributed by atoms with E-state index in [0.29, 0.717) is 18.4 Å². The molecule has 5 nitrogen and oxygen atoms in total. The molecule has 0 radical (unpaired) electrons. The zero-order chi connectivity index (χ0) is 17.5. The van der Waals surface area contributed by atoms with Crippen LogP contribution in [-0.2, 0) is 4.79 Å². The first-order valence-electron chi connectivity index (χ1n) is 9.54. The van der Waals surface area contributed by atoms with Gasteiger partial charge in [-0.25, -0.2) is 0 Å². The van der Waals surface area contributed by atoms with Crippen molar-refractivity contribution in [3.05, 3.63) is 22.4 Å². The minimum Gasteiger partial charge on any atom is -0.350 e. The van der Waals surface area contributed by atoms with Crippen LogP contribution in [0.4, 0.5) is 0 Å². The Bertz CT molecular complexity index is 547. The summed E-state index contributed by atoms with van der Waals surface area (Å²) in [5, 5.41) is 4.88. The fourth-order valence-electron chi connectivity index (χ4n) is 3.81. The minimum absolute atomic E-state index is 0.0105. The van der Waals surface area contributed by atoms with Crippen LogP contribution in [0.5, 0.6) is 0 Å². The van der Waals surface area contributed by atoms with Crippen molar-refractivity contribution in [2.24, 2.45) is 5.92 Å². The van der Waals surface area contributed by atoms with Crippen LogP contribution in [0.15, 0.2) is 17.5 Å². The van der Waals surface area contributed by atoms with Crippen LogP contribution in [0.3, 0.4) is 0 Å². The smallest absolute Gasteiger partial charge is 0.261 e. The lowest BCUT2D eigenvalue weighted by molar-refractivity contribution is -0.134. The highest BCUT2D eigenvalue weighted by Crippen LogP contribution is 2.27. The molecule has 3 rings (SSSR count). The Morgan fingerprint density at radius 1 is 1.12 bits per heavy atom. The second-order valence-electron chi connectivity index (χ2n) is 7.16. The Morgan fingerprint density at radius 3 is 2.56 bits per heavy atom. The molecule has 25 heavy (non-hydrogen) atoms. The molecule has 2 amide bonds. The van der Waals surface area contributed by atoms with Gasteiger partial charge in [0.15, 0.2) is 0 Å². The number of carbonyl (C=O) groups excluding carboxylic acids is 2. The van der Waals surface area contributed by atoms with Gasteiger partial charge in [0.2, 0.25) is 5.91 Å². The highest BCUT2D eigenvalue weighted by Gasteiger charge is 2.24. The first kappa shape index (κ1) is 18.4. The number of nitrogens with zero attached hydrogens (tertiary/aromatic N) is 2. The molecule has 0 atom stereocenters. The minimum atomic E-state index is 0.0105. The molecule has 1 saturated heterocycles. The maximum absolute atomic E-state index is 12.5. The lowest BCUT2D eigenvalue weighted by atomic mass is 9.86. The van der Waals surface area contributed by atoms with E-state index >= 15 is 0 Å². The molecule has 1 aliphatic heterocycles. The summed E-state index contributed by atoms with van der Waals surface area (Å²) in [6.07, 6.45) is 7.14. The van der Waals surface area contributed by atoms with Crippen molar-refractivity contribution in [2.45, 2.75) is 38.5 Å². The van der Waals surface area contributed by atoms with E-state index in [4.69, 9.17) is 0 Å². The summed E-state index contributed by atoms with van der Waals surface area (Å²) >= 11 is 1.46. The molecular weight excluding hydrogens is 334 g/mol. The molecular formula is C19H29N3O2S. The van der Waals surface area contributed by atoms with Crippen molar-refractivity contribution in [3.63, 3.8) is 0 Å². The number of piperazine rings is 1. The van der Waals surface area contributed by atoms with Gasteiger partial charge in [0.1, 0.15) is 0 Å². The third-order valence-electron chi connectivity index (χ3n) is 5.37. The fraction of sp³-hybridized carbons (Fsp3) is 0.684. The summed E-state index contributed by atoms with van der Waals surface area (Å²) in [7, 11) is 0. The number of carbonyl (C=O) groups is 2. The van der Waals surface area contributed by atoms with Crippen LogP contribution in [0, 0.1) is 5.92 Å². The molecule has 138 valence electrons. The van der Waals surface area contributed by atoms with Crippen LogP contribution in [0.1, 0.15) is 48.2 Å².